The second-order valence-corrected chi connectivity index (χ2v) is 5.97. The summed E-state index contributed by atoms with van der Waals surface area (Å²) in [5.74, 6) is 0.981. The smallest absolute Gasteiger partial charge is 0.124 e. The molecule has 0 saturated carbocycles. The minimum absolute atomic E-state index is 0. The largest absolute Gasteiger partial charge is 0.489 e. The molecule has 3 heteroatoms. The van der Waals surface area contributed by atoms with Gasteiger partial charge in [-0.1, -0.05) is 81.1 Å². The average Bonchev–Trinajstić information content (AvgIpc) is 2.61. The molecular formula is C21H30ClNO. The van der Waals surface area contributed by atoms with E-state index in [2.05, 4.69) is 42.6 Å². The van der Waals surface area contributed by atoms with E-state index < -0.39 is 0 Å². The summed E-state index contributed by atoms with van der Waals surface area (Å²) in [6.07, 6.45) is 6.60. The molecule has 0 aliphatic carbocycles. The van der Waals surface area contributed by atoms with Crippen LogP contribution >= 0.6 is 12.4 Å². The maximum atomic E-state index is 5.99. The molecule has 0 saturated heterocycles. The molecule has 0 aromatic heterocycles. The van der Waals surface area contributed by atoms with Gasteiger partial charge in [0.25, 0.3) is 0 Å². The van der Waals surface area contributed by atoms with Gasteiger partial charge < -0.3 is 10.1 Å². The van der Waals surface area contributed by atoms with Gasteiger partial charge in [0.1, 0.15) is 12.4 Å². The molecule has 0 heterocycles. The molecule has 0 atom stereocenters. The van der Waals surface area contributed by atoms with Crippen molar-refractivity contribution in [1.29, 1.82) is 0 Å². The first-order chi connectivity index (χ1) is 11.4. The zero-order valence-corrected chi connectivity index (χ0v) is 15.5. The highest BCUT2D eigenvalue weighted by atomic mass is 35.5. The molecule has 0 aliphatic rings. The van der Waals surface area contributed by atoms with Gasteiger partial charge in [-0.15, -0.1) is 12.4 Å². The fraction of sp³-hybridized carbons (Fsp3) is 0.429. The topological polar surface area (TPSA) is 21.3 Å². The maximum Gasteiger partial charge on any atom is 0.124 e. The second kappa shape index (κ2) is 12.9. The molecule has 24 heavy (non-hydrogen) atoms. The van der Waals surface area contributed by atoms with Crippen molar-refractivity contribution in [3.63, 3.8) is 0 Å². The highest BCUT2D eigenvalue weighted by Crippen LogP contribution is 2.19. The fourth-order valence-electron chi connectivity index (χ4n) is 2.60. The van der Waals surface area contributed by atoms with Crippen molar-refractivity contribution >= 4 is 12.4 Å². The lowest BCUT2D eigenvalue weighted by atomic mass is 10.1. The van der Waals surface area contributed by atoms with Crippen molar-refractivity contribution < 1.29 is 4.74 Å². The Balaban J connectivity index is 0.00000288. The van der Waals surface area contributed by atoms with Crippen LogP contribution in [-0.2, 0) is 13.2 Å². The Hall–Kier alpha value is -1.51. The standard InChI is InChI=1S/C21H29NO.ClH/c1-2-3-4-5-11-16-22-17-20-14-9-10-15-21(20)23-18-19-12-7-6-8-13-19;/h6-10,12-15,22H,2-5,11,16-18H2,1H3;1H. The van der Waals surface area contributed by atoms with Gasteiger partial charge in [-0.2, -0.15) is 0 Å². The van der Waals surface area contributed by atoms with Gasteiger partial charge in [0, 0.05) is 12.1 Å². The maximum absolute atomic E-state index is 5.99. The third-order valence-corrected chi connectivity index (χ3v) is 3.98. The normalized spacial score (nSPS) is 10.2. The van der Waals surface area contributed by atoms with E-state index >= 15 is 0 Å². The molecule has 1 N–H and O–H groups in total. The third-order valence-electron chi connectivity index (χ3n) is 3.98. The predicted molar refractivity (Wildman–Crippen MR) is 105 cm³/mol. The van der Waals surface area contributed by atoms with Crippen LogP contribution in [0.5, 0.6) is 5.75 Å². The number of ether oxygens (including phenoxy) is 1. The van der Waals surface area contributed by atoms with E-state index in [-0.39, 0.29) is 12.4 Å². The van der Waals surface area contributed by atoms with Crippen LogP contribution in [0.1, 0.15) is 50.2 Å². The van der Waals surface area contributed by atoms with Crippen LogP contribution < -0.4 is 10.1 Å². The predicted octanol–water partition coefficient (Wildman–Crippen LogP) is 5.75. The molecule has 0 unspecified atom stereocenters. The van der Waals surface area contributed by atoms with Crippen molar-refractivity contribution in [1.82, 2.24) is 5.32 Å². The molecule has 0 bridgehead atoms. The summed E-state index contributed by atoms with van der Waals surface area (Å²) in [6, 6.07) is 18.6. The van der Waals surface area contributed by atoms with Crippen LogP contribution in [0.4, 0.5) is 0 Å². The van der Waals surface area contributed by atoms with Crippen molar-refractivity contribution in [2.75, 3.05) is 6.54 Å². The number of hydrogen-bond donors (Lipinski definition) is 1. The SMILES string of the molecule is CCCCCCCNCc1ccccc1OCc1ccccc1.Cl. The summed E-state index contributed by atoms with van der Waals surface area (Å²) >= 11 is 0. The third kappa shape index (κ3) is 7.85. The molecule has 2 rings (SSSR count). The molecule has 2 aromatic carbocycles. The molecule has 132 valence electrons. The van der Waals surface area contributed by atoms with E-state index in [9.17, 15) is 0 Å². The average molecular weight is 348 g/mol. The molecule has 0 spiro atoms. The quantitative estimate of drug-likeness (QED) is 0.523. The highest BCUT2D eigenvalue weighted by Gasteiger charge is 2.03. The second-order valence-electron chi connectivity index (χ2n) is 5.97. The van der Waals surface area contributed by atoms with Gasteiger partial charge in [0.2, 0.25) is 0 Å². The summed E-state index contributed by atoms with van der Waals surface area (Å²) in [5, 5.41) is 3.54. The molecule has 0 aliphatic heterocycles. The van der Waals surface area contributed by atoms with Crippen LogP contribution in [0.15, 0.2) is 54.6 Å². The molecule has 2 aromatic rings. The van der Waals surface area contributed by atoms with Gasteiger partial charge in [0.15, 0.2) is 0 Å². The first kappa shape index (κ1) is 20.5. The van der Waals surface area contributed by atoms with Crippen LogP contribution in [0.3, 0.4) is 0 Å². The van der Waals surface area contributed by atoms with Crippen LogP contribution in [-0.4, -0.2) is 6.54 Å². The minimum atomic E-state index is 0. The number of para-hydroxylation sites is 1. The number of hydrogen-bond acceptors (Lipinski definition) is 2. The van der Waals surface area contributed by atoms with E-state index in [0.29, 0.717) is 6.61 Å². The summed E-state index contributed by atoms with van der Waals surface area (Å²) in [4.78, 5) is 0. The van der Waals surface area contributed by atoms with E-state index in [1.54, 1.807) is 0 Å². The van der Waals surface area contributed by atoms with Crippen LogP contribution in [0.2, 0.25) is 0 Å². The van der Waals surface area contributed by atoms with Crippen molar-refractivity contribution in [2.24, 2.45) is 0 Å². The van der Waals surface area contributed by atoms with Gasteiger partial charge in [0.05, 0.1) is 0 Å². The Morgan fingerprint density at radius 2 is 1.54 bits per heavy atom. The molecule has 0 radical (unpaired) electrons. The zero-order chi connectivity index (χ0) is 16.2. The molecule has 0 amide bonds. The minimum Gasteiger partial charge on any atom is -0.489 e. The van der Waals surface area contributed by atoms with Gasteiger partial charge in [-0.05, 0) is 24.6 Å². The lowest BCUT2D eigenvalue weighted by molar-refractivity contribution is 0.302. The molecular weight excluding hydrogens is 318 g/mol. The molecule has 0 fully saturated rings. The number of nitrogens with one attached hydrogen (secondary N) is 1. The summed E-state index contributed by atoms with van der Waals surface area (Å²) in [7, 11) is 0. The Morgan fingerprint density at radius 1 is 0.833 bits per heavy atom. The Morgan fingerprint density at radius 3 is 2.33 bits per heavy atom. The molecule has 2 nitrogen and oxygen atoms in total. The monoisotopic (exact) mass is 347 g/mol. The Labute approximate surface area is 153 Å². The number of benzene rings is 2. The van der Waals surface area contributed by atoms with Crippen LogP contribution in [0, 0.1) is 0 Å². The highest BCUT2D eigenvalue weighted by molar-refractivity contribution is 5.85. The summed E-state index contributed by atoms with van der Waals surface area (Å²) in [6.45, 7) is 4.83. The number of rotatable bonds is 11. The Bertz CT molecular complexity index is 545. The van der Waals surface area contributed by atoms with Gasteiger partial charge in [-0.25, -0.2) is 0 Å². The van der Waals surface area contributed by atoms with E-state index in [1.165, 1.54) is 43.2 Å². The van der Waals surface area contributed by atoms with E-state index in [1.807, 2.05) is 24.3 Å². The summed E-state index contributed by atoms with van der Waals surface area (Å²) < 4.78 is 5.99. The van der Waals surface area contributed by atoms with Crippen molar-refractivity contribution in [3.8, 4) is 5.75 Å². The van der Waals surface area contributed by atoms with Gasteiger partial charge >= 0.3 is 0 Å². The number of halogens is 1. The van der Waals surface area contributed by atoms with Crippen LogP contribution in [0.25, 0.3) is 0 Å². The lowest BCUT2D eigenvalue weighted by Gasteiger charge is -2.12. The fourth-order valence-corrected chi connectivity index (χ4v) is 2.60. The van der Waals surface area contributed by atoms with Crippen molar-refractivity contribution in [3.05, 3.63) is 65.7 Å². The van der Waals surface area contributed by atoms with Gasteiger partial charge in [-0.3, -0.25) is 0 Å². The zero-order valence-electron chi connectivity index (χ0n) is 14.7. The first-order valence-electron chi connectivity index (χ1n) is 8.85. The Kier molecular flexibility index (Phi) is 11.0. The first-order valence-corrected chi connectivity index (χ1v) is 8.85. The summed E-state index contributed by atoms with van der Waals surface area (Å²) in [5.41, 5.74) is 2.43. The van der Waals surface area contributed by atoms with Crippen molar-refractivity contribution in [2.45, 2.75) is 52.2 Å². The number of unbranched alkanes of at least 4 members (excludes halogenated alkanes) is 4. The van der Waals surface area contributed by atoms with E-state index in [4.69, 9.17) is 4.74 Å². The lowest BCUT2D eigenvalue weighted by Crippen LogP contribution is -2.15. The van der Waals surface area contributed by atoms with E-state index in [0.717, 1.165) is 18.8 Å².